The molecule has 22 heavy (non-hydrogen) atoms. The SMILES string of the molecule is Cc1ccc(C)c(CC(=O)C=CC=Cc2ccccc2)c1C. The molecule has 2 aromatic carbocycles. The van der Waals surface area contributed by atoms with Gasteiger partial charge < -0.3 is 0 Å². The summed E-state index contributed by atoms with van der Waals surface area (Å²) in [6.07, 6.45) is 7.83. The second kappa shape index (κ2) is 7.56. The van der Waals surface area contributed by atoms with Crippen molar-refractivity contribution in [2.75, 3.05) is 0 Å². The Morgan fingerprint density at radius 1 is 0.909 bits per heavy atom. The third-order valence-electron chi connectivity index (χ3n) is 3.94. The lowest BCUT2D eigenvalue weighted by Crippen LogP contribution is -2.04. The van der Waals surface area contributed by atoms with Crippen molar-refractivity contribution in [1.29, 1.82) is 0 Å². The fraction of sp³-hybridized carbons (Fsp3) is 0.190. The van der Waals surface area contributed by atoms with E-state index in [0.29, 0.717) is 6.42 Å². The van der Waals surface area contributed by atoms with Gasteiger partial charge in [-0.3, -0.25) is 4.79 Å². The lowest BCUT2D eigenvalue weighted by atomic mass is 9.94. The summed E-state index contributed by atoms with van der Waals surface area (Å²) < 4.78 is 0. The van der Waals surface area contributed by atoms with E-state index in [1.165, 1.54) is 16.7 Å². The number of rotatable bonds is 5. The predicted octanol–water partition coefficient (Wildman–Crippen LogP) is 4.99. The number of benzene rings is 2. The normalized spacial score (nSPS) is 11.4. The van der Waals surface area contributed by atoms with Gasteiger partial charge in [0, 0.05) is 6.42 Å². The lowest BCUT2D eigenvalue weighted by molar-refractivity contribution is -0.114. The van der Waals surface area contributed by atoms with E-state index in [1.807, 2.05) is 48.6 Å². The third-order valence-corrected chi connectivity index (χ3v) is 3.94. The molecule has 0 saturated carbocycles. The fourth-order valence-electron chi connectivity index (χ4n) is 2.41. The summed E-state index contributed by atoms with van der Waals surface area (Å²) in [6, 6.07) is 14.2. The summed E-state index contributed by atoms with van der Waals surface area (Å²) in [4.78, 5) is 12.1. The van der Waals surface area contributed by atoms with E-state index in [-0.39, 0.29) is 5.78 Å². The average molecular weight is 290 g/mol. The Hall–Kier alpha value is -2.41. The summed E-state index contributed by atoms with van der Waals surface area (Å²) in [5.41, 5.74) is 5.93. The van der Waals surface area contributed by atoms with E-state index in [1.54, 1.807) is 6.08 Å². The Morgan fingerprint density at radius 2 is 1.59 bits per heavy atom. The first-order valence-corrected chi connectivity index (χ1v) is 7.56. The molecule has 1 nitrogen and oxygen atoms in total. The van der Waals surface area contributed by atoms with Gasteiger partial charge in [0.1, 0.15) is 0 Å². The minimum absolute atomic E-state index is 0.134. The van der Waals surface area contributed by atoms with Crippen molar-refractivity contribution < 1.29 is 4.79 Å². The van der Waals surface area contributed by atoms with Gasteiger partial charge in [0.2, 0.25) is 0 Å². The van der Waals surface area contributed by atoms with Crippen LogP contribution in [-0.4, -0.2) is 5.78 Å². The fourth-order valence-corrected chi connectivity index (χ4v) is 2.41. The molecule has 0 bridgehead atoms. The quantitative estimate of drug-likeness (QED) is 0.560. The highest BCUT2D eigenvalue weighted by molar-refractivity contribution is 5.92. The Kier molecular flexibility index (Phi) is 5.48. The van der Waals surface area contributed by atoms with E-state index >= 15 is 0 Å². The monoisotopic (exact) mass is 290 g/mol. The lowest BCUT2D eigenvalue weighted by Gasteiger charge is -2.10. The van der Waals surface area contributed by atoms with Gasteiger partial charge >= 0.3 is 0 Å². The molecule has 112 valence electrons. The second-order valence-corrected chi connectivity index (χ2v) is 5.57. The number of carbonyl (C=O) groups is 1. The molecule has 2 aromatic rings. The third kappa shape index (κ3) is 4.29. The highest BCUT2D eigenvalue weighted by atomic mass is 16.1. The van der Waals surface area contributed by atoms with Crippen molar-refractivity contribution in [2.24, 2.45) is 0 Å². The smallest absolute Gasteiger partial charge is 0.160 e. The number of hydrogen-bond donors (Lipinski definition) is 0. The van der Waals surface area contributed by atoms with Crippen LogP contribution >= 0.6 is 0 Å². The molecule has 0 N–H and O–H groups in total. The van der Waals surface area contributed by atoms with Crippen LogP contribution in [0.15, 0.2) is 60.7 Å². The van der Waals surface area contributed by atoms with Crippen molar-refractivity contribution in [2.45, 2.75) is 27.2 Å². The van der Waals surface area contributed by atoms with Crippen LogP contribution in [0, 0.1) is 20.8 Å². The minimum Gasteiger partial charge on any atom is -0.294 e. The molecule has 0 aromatic heterocycles. The van der Waals surface area contributed by atoms with Gasteiger partial charge in [-0.15, -0.1) is 0 Å². The predicted molar refractivity (Wildman–Crippen MR) is 94.0 cm³/mol. The zero-order chi connectivity index (χ0) is 15.9. The van der Waals surface area contributed by atoms with Crippen LogP contribution in [0.5, 0.6) is 0 Å². The van der Waals surface area contributed by atoms with Gasteiger partial charge in [0.25, 0.3) is 0 Å². The van der Waals surface area contributed by atoms with E-state index in [0.717, 1.165) is 11.1 Å². The number of carbonyl (C=O) groups excluding carboxylic acids is 1. The Morgan fingerprint density at radius 3 is 2.32 bits per heavy atom. The van der Waals surface area contributed by atoms with Crippen molar-refractivity contribution >= 4 is 11.9 Å². The van der Waals surface area contributed by atoms with Crippen molar-refractivity contribution in [3.8, 4) is 0 Å². The zero-order valence-electron chi connectivity index (χ0n) is 13.5. The van der Waals surface area contributed by atoms with Crippen LogP contribution < -0.4 is 0 Å². The Bertz CT molecular complexity index is 706. The first kappa shape index (κ1) is 16.0. The van der Waals surface area contributed by atoms with Gasteiger partial charge in [-0.2, -0.15) is 0 Å². The van der Waals surface area contributed by atoms with Crippen LogP contribution in [0.2, 0.25) is 0 Å². The maximum atomic E-state index is 12.1. The van der Waals surface area contributed by atoms with Gasteiger partial charge in [0.05, 0.1) is 0 Å². The minimum atomic E-state index is 0.134. The molecule has 0 atom stereocenters. The van der Waals surface area contributed by atoms with Crippen LogP contribution in [0.25, 0.3) is 6.08 Å². The standard InChI is InChI=1S/C21H22O/c1-16-13-14-17(2)21(18(16)3)15-20(22)12-8-7-11-19-9-5-4-6-10-19/h4-14H,15H2,1-3H3. The Labute approximate surface area is 133 Å². The number of hydrogen-bond acceptors (Lipinski definition) is 1. The van der Waals surface area contributed by atoms with Crippen molar-refractivity contribution in [3.05, 3.63) is 88.5 Å². The zero-order valence-corrected chi connectivity index (χ0v) is 13.5. The maximum absolute atomic E-state index is 12.1. The van der Waals surface area contributed by atoms with E-state index in [9.17, 15) is 4.79 Å². The van der Waals surface area contributed by atoms with Crippen LogP contribution in [0.3, 0.4) is 0 Å². The van der Waals surface area contributed by atoms with E-state index in [4.69, 9.17) is 0 Å². The van der Waals surface area contributed by atoms with Gasteiger partial charge in [0.15, 0.2) is 5.78 Å². The molecule has 0 fully saturated rings. The summed E-state index contributed by atoms with van der Waals surface area (Å²) in [5, 5.41) is 0. The molecule has 0 unspecified atom stereocenters. The summed E-state index contributed by atoms with van der Waals surface area (Å²) in [6.45, 7) is 6.24. The van der Waals surface area contributed by atoms with Crippen LogP contribution in [0.1, 0.15) is 27.8 Å². The molecule has 0 heterocycles. The second-order valence-electron chi connectivity index (χ2n) is 5.57. The van der Waals surface area contributed by atoms with Gasteiger partial charge in [-0.05, 0) is 54.7 Å². The molecule has 0 aliphatic carbocycles. The Balaban J connectivity index is 2.00. The first-order valence-electron chi connectivity index (χ1n) is 7.56. The number of allylic oxidation sites excluding steroid dienone is 3. The molecular weight excluding hydrogens is 268 g/mol. The topological polar surface area (TPSA) is 17.1 Å². The molecule has 0 amide bonds. The highest BCUT2D eigenvalue weighted by Crippen LogP contribution is 2.18. The van der Waals surface area contributed by atoms with Crippen LogP contribution in [-0.2, 0) is 11.2 Å². The molecule has 0 saturated heterocycles. The van der Waals surface area contributed by atoms with E-state index < -0.39 is 0 Å². The number of ketones is 1. The molecule has 2 rings (SSSR count). The van der Waals surface area contributed by atoms with Gasteiger partial charge in [-0.25, -0.2) is 0 Å². The van der Waals surface area contributed by atoms with Gasteiger partial charge in [-0.1, -0.05) is 60.7 Å². The maximum Gasteiger partial charge on any atom is 0.160 e. The summed E-state index contributed by atoms with van der Waals surface area (Å²) in [7, 11) is 0. The molecular formula is C21H22O. The molecule has 0 aliphatic heterocycles. The highest BCUT2D eigenvalue weighted by Gasteiger charge is 2.08. The van der Waals surface area contributed by atoms with Crippen molar-refractivity contribution in [3.63, 3.8) is 0 Å². The van der Waals surface area contributed by atoms with Crippen LogP contribution in [0.4, 0.5) is 0 Å². The summed E-state index contributed by atoms with van der Waals surface area (Å²) in [5.74, 6) is 0.134. The average Bonchev–Trinajstić information content (AvgIpc) is 2.53. The number of aryl methyl sites for hydroxylation is 2. The van der Waals surface area contributed by atoms with Crippen molar-refractivity contribution in [1.82, 2.24) is 0 Å². The summed E-state index contributed by atoms with van der Waals surface area (Å²) >= 11 is 0. The molecule has 0 spiro atoms. The molecule has 0 radical (unpaired) electrons. The van der Waals surface area contributed by atoms with E-state index in [2.05, 4.69) is 32.9 Å². The molecule has 0 aliphatic rings. The largest absolute Gasteiger partial charge is 0.294 e. The first-order chi connectivity index (χ1) is 10.6. The molecule has 1 heteroatoms.